The molecule has 1 aromatic carbocycles. The number of carbonyl (C=O) groups excluding carboxylic acids is 1. The first-order valence-corrected chi connectivity index (χ1v) is 8.39. The normalized spacial score (nSPS) is 15.5. The topological polar surface area (TPSA) is 46.8 Å². The lowest BCUT2D eigenvalue weighted by Gasteiger charge is -2.25. The van der Waals surface area contributed by atoms with E-state index in [0.717, 1.165) is 36.4 Å². The predicted octanol–water partition coefficient (Wildman–Crippen LogP) is 2.68. The Kier molecular flexibility index (Phi) is 4.48. The Morgan fingerprint density at radius 1 is 1.15 bits per heavy atom. The van der Waals surface area contributed by atoms with Crippen LogP contribution in [-0.4, -0.2) is 46.4 Å². The van der Waals surface area contributed by atoms with Gasteiger partial charge in [-0.3, -0.25) is 14.1 Å². The summed E-state index contributed by atoms with van der Waals surface area (Å²) < 4.78 is 34.2. The molecule has 26 heavy (non-hydrogen) atoms. The quantitative estimate of drug-likeness (QED) is 0.674. The molecule has 0 bridgehead atoms. The van der Waals surface area contributed by atoms with Crippen LogP contribution in [0.4, 0.5) is 8.78 Å². The molecule has 0 radical (unpaired) electrons. The second-order valence-electron chi connectivity index (χ2n) is 6.18. The number of ether oxygens (including phenoxy) is 1. The number of carbonyl (C=O) groups is 1. The molecular formula is C19H17F2N3O2. The first-order chi connectivity index (χ1) is 12.6. The summed E-state index contributed by atoms with van der Waals surface area (Å²) in [6, 6.07) is 8.45. The van der Waals surface area contributed by atoms with Gasteiger partial charge in [-0.1, -0.05) is 6.07 Å². The van der Waals surface area contributed by atoms with Gasteiger partial charge in [-0.25, -0.2) is 13.8 Å². The molecule has 7 heteroatoms. The van der Waals surface area contributed by atoms with E-state index in [-0.39, 0.29) is 11.4 Å². The van der Waals surface area contributed by atoms with Crippen molar-refractivity contribution in [3.05, 3.63) is 71.3 Å². The third kappa shape index (κ3) is 3.11. The number of nitrogens with zero attached hydrogens (tertiary/aromatic N) is 3. The van der Waals surface area contributed by atoms with Gasteiger partial charge in [-0.2, -0.15) is 0 Å². The average Bonchev–Trinajstić information content (AvgIpc) is 3.01. The molecule has 0 spiro atoms. The van der Waals surface area contributed by atoms with Crippen LogP contribution in [0.1, 0.15) is 21.9 Å². The van der Waals surface area contributed by atoms with Crippen LogP contribution in [-0.2, 0) is 11.3 Å². The number of rotatable bonds is 4. The van der Waals surface area contributed by atoms with Gasteiger partial charge < -0.3 is 4.74 Å². The van der Waals surface area contributed by atoms with E-state index in [1.807, 2.05) is 12.1 Å². The molecule has 2 aromatic heterocycles. The van der Waals surface area contributed by atoms with E-state index >= 15 is 0 Å². The summed E-state index contributed by atoms with van der Waals surface area (Å²) in [6.07, 6.45) is 1.72. The highest BCUT2D eigenvalue weighted by Crippen LogP contribution is 2.20. The maximum atomic E-state index is 14.0. The zero-order valence-corrected chi connectivity index (χ0v) is 14.0. The molecule has 0 N–H and O–H groups in total. The number of halogens is 2. The van der Waals surface area contributed by atoms with Crippen LogP contribution >= 0.6 is 0 Å². The third-order valence-corrected chi connectivity index (χ3v) is 4.48. The number of benzene rings is 1. The molecule has 0 atom stereocenters. The van der Waals surface area contributed by atoms with Gasteiger partial charge in [0.2, 0.25) is 5.78 Å². The van der Waals surface area contributed by atoms with Crippen molar-refractivity contribution in [1.82, 2.24) is 14.3 Å². The summed E-state index contributed by atoms with van der Waals surface area (Å²) >= 11 is 0. The van der Waals surface area contributed by atoms with Crippen LogP contribution in [0.3, 0.4) is 0 Å². The van der Waals surface area contributed by atoms with E-state index < -0.39 is 17.4 Å². The highest BCUT2D eigenvalue weighted by atomic mass is 19.1. The fraction of sp³-hybridized carbons (Fsp3) is 0.263. The molecule has 1 aliphatic rings. The van der Waals surface area contributed by atoms with E-state index in [0.29, 0.717) is 25.8 Å². The first kappa shape index (κ1) is 16.8. The van der Waals surface area contributed by atoms with Crippen molar-refractivity contribution in [1.29, 1.82) is 0 Å². The number of fused-ring (bicyclic) bond motifs is 1. The van der Waals surface area contributed by atoms with Crippen LogP contribution in [0.2, 0.25) is 0 Å². The van der Waals surface area contributed by atoms with Gasteiger partial charge in [-0.05, 0) is 24.3 Å². The number of hydrogen-bond donors (Lipinski definition) is 0. The van der Waals surface area contributed by atoms with Crippen LogP contribution in [0, 0.1) is 11.6 Å². The minimum Gasteiger partial charge on any atom is -0.379 e. The van der Waals surface area contributed by atoms with E-state index in [9.17, 15) is 13.6 Å². The monoisotopic (exact) mass is 357 g/mol. The minimum absolute atomic E-state index is 0.120. The molecule has 4 rings (SSSR count). The van der Waals surface area contributed by atoms with Gasteiger partial charge in [0.05, 0.1) is 30.0 Å². The standard InChI is InChI=1S/C19H17F2N3O2/c20-13-4-5-14(15(21)11-13)18(25)19-22-16(12-23-7-9-26-10-8-23)17-3-1-2-6-24(17)19/h1-6,11H,7-10,12H2. The number of pyridine rings is 1. The van der Waals surface area contributed by atoms with Crippen molar-refractivity contribution in [3.8, 4) is 0 Å². The maximum Gasteiger partial charge on any atom is 0.231 e. The first-order valence-electron chi connectivity index (χ1n) is 8.39. The molecule has 3 heterocycles. The van der Waals surface area contributed by atoms with Crippen molar-refractivity contribution in [3.63, 3.8) is 0 Å². The van der Waals surface area contributed by atoms with E-state index in [1.165, 1.54) is 0 Å². The fourth-order valence-corrected chi connectivity index (χ4v) is 3.14. The lowest BCUT2D eigenvalue weighted by atomic mass is 10.1. The molecule has 3 aromatic rings. The van der Waals surface area contributed by atoms with Gasteiger partial charge in [0.15, 0.2) is 5.82 Å². The summed E-state index contributed by atoms with van der Waals surface area (Å²) in [5.41, 5.74) is 1.35. The Balaban J connectivity index is 1.74. The van der Waals surface area contributed by atoms with Crippen LogP contribution in [0.5, 0.6) is 0 Å². The van der Waals surface area contributed by atoms with E-state index in [2.05, 4.69) is 9.88 Å². The molecule has 0 unspecified atom stereocenters. The van der Waals surface area contributed by atoms with Crippen molar-refractivity contribution in [2.24, 2.45) is 0 Å². The highest BCUT2D eigenvalue weighted by Gasteiger charge is 2.23. The number of morpholine rings is 1. The van der Waals surface area contributed by atoms with Gasteiger partial charge in [0, 0.05) is 31.9 Å². The van der Waals surface area contributed by atoms with Crippen LogP contribution < -0.4 is 0 Å². The van der Waals surface area contributed by atoms with Crippen molar-refractivity contribution < 1.29 is 18.3 Å². The number of aromatic nitrogens is 2. The number of ketones is 1. The maximum absolute atomic E-state index is 14.0. The molecule has 0 amide bonds. The van der Waals surface area contributed by atoms with Gasteiger partial charge in [-0.15, -0.1) is 0 Å². The van der Waals surface area contributed by atoms with Gasteiger partial charge in [0.1, 0.15) is 11.6 Å². The lowest BCUT2D eigenvalue weighted by molar-refractivity contribution is 0.0338. The zero-order valence-electron chi connectivity index (χ0n) is 14.0. The predicted molar refractivity (Wildman–Crippen MR) is 91.1 cm³/mol. The third-order valence-electron chi connectivity index (χ3n) is 4.48. The van der Waals surface area contributed by atoms with Crippen LogP contribution in [0.25, 0.3) is 5.52 Å². The number of hydrogen-bond acceptors (Lipinski definition) is 4. The summed E-state index contributed by atoms with van der Waals surface area (Å²) in [4.78, 5) is 19.5. The molecule has 1 saturated heterocycles. The largest absolute Gasteiger partial charge is 0.379 e. The lowest BCUT2D eigenvalue weighted by Crippen LogP contribution is -2.35. The molecule has 134 valence electrons. The molecule has 0 saturated carbocycles. The summed E-state index contributed by atoms with van der Waals surface area (Å²) in [5.74, 6) is -2.07. The zero-order chi connectivity index (χ0) is 18.1. The van der Waals surface area contributed by atoms with Crippen molar-refractivity contribution in [2.75, 3.05) is 26.3 Å². The molecule has 1 fully saturated rings. The fourth-order valence-electron chi connectivity index (χ4n) is 3.14. The molecule has 0 aliphatic carbocycles. The SMILES string of the molecule is O=C(c1ccc(F)cc1F)c1nc(CN2CCOCC2)c2ccccn12. The Morgan fingerprint density at radius 2 is 1.96 bits per heavy atom. The Morgan fingerprint density at radius 3 is 2.73 bits per heavy atom. The Bertz CT molecular complexity index is 965. The van der Waals surface area contributed by atoms with Gasteiger partial charge >= 0.3 is 0 Å². The van der Waals surface area contributed by atoms with Gasteiger partial charge in [0.25, 0.3) is 0 Å². The van der Waals surface area contributed by atoms with E-state index in [1.54, 1.807) is 16.7 Å². The molecular weight excluding hydrogens is 340 g/mol. The summed E-state index contributed by atoms with van der Waals surface area (Å²) in [5, 5.41) is 0. The Labute approximate surface area is 148 Å². The average molecular weight is 357 g/mol. The second kappa shape index (κ2) is 6.93. The summed E-state index contributed by atoms with van der Waals surface area (Å²) in [6.45, 7) is 3.50. The second-order valence-corrected chi connectivity index (χ2v) is 6.18. The van der Waals surface area contributed by atoms with Crippen molar-refractivity contribution >= 4 is 11.3 Å². The van der Waals surface area contributed by atoms with E-state index in [4.69, 9.17) is 4.74 Å². The highest BCUT2D eigenvalue weighted by molar-refractivity contribution is 6.07. The smallest absolute Gasteiger partial charge is 0.231 e. The van der Waals surface area contributed by atoms with Crippen molar-refractivity contribution in [2.45, 2.75) is 6.54 Å². The molecule has 5 nitrogen and oxygen atoms in total. The summed E-state index contributed by atoms with van der Waals surface area (Å²) in [7, 11) is 0. The minimum atomic E-state index is -0.891. The Hall–Kier alpha value is -2.64. The molecule has 1 aliphatic heterocycles. The number of imidazole rings is 1. The van der Waals surface area contributed by atoms with Crippen LogP contribution in [0.15, 0.2) is 42.6 Å².